The minimum absolute atomic E-state index is 0.355. The Hall–Kier alpha value is -2.61. The second-order valence-corrected chi connectivity index (χ2v) is 7.64. The highest BCUT2D eigenvalue weighted by molar-refractivity contribution is 7.16. The molecule has 0 saturated carbocycles. The first-order valence-corrected chi connectivity index (χ1v) is 10.0. The van der Waals surface area contributed by atoms with Gasteiger partial charge in [0.1, 0.15) is 23.6 Å². The molecule has 0 unspecified atom stereocenters. The van der Waals surface area contributed by atoms with Gasteiger partial charge in [-0.3, -0.25) is 9.36 Å². The lowest BCUT2D eigenvalue weighted by molar-refractivity contribution is 0.100. The number of primary amides is 1. The number of nitrogens with two attached hydrogens (primary N) is 1. The minimum atomic E-state index is -0.547. The fourth-order valence-electron chi connectivity index (χ4n) is 2.80. The van der Waals surface area contributed by atoms with E-state index >= 15 is 0 Å². The van der Waals surface area contributed by atoms with Crippen LogP contribution >= 0.6 is 34.5 Å². The maximum absolute atomic E-state index is 12.0. The maximum Gasteiger partial charge on any atom is 0.261 e. The number of benzene rings is 2. The predicted molar refractivity (Wildman–Crippen MR) is 112 cm³/mol. The van der Waals surface area contributed by atoms with E-state index in [1.807, 2.05) is 24.3 Å². The molecule has 2 aromatic carbocycles. The van der Waals surface area contributed by atoms with Crippen LogP contribution in [-0.2, 0) is 0 Å². The lowest BCUT2D eigenvalue weighted by Crippen LogP contribution is -2.10. The first kappa shape index (κ1) is 18.7. The molecule has 0 bridgehead atoms. The summed E-state index contributed by atoms with van der Waals surface area (Å²) in [6.07, 6.45) is 1.65. The van der Waals surface area contributed by atoms with Crippen LogP contribution in [0.4, 0.5) is 0 Å². The molecule has 2 N–H and O–H groups in total. The topological polar surface area (TPSA) is 83.0 Å². The van der Waals surface area contributed by atoms with Gasteiger partial charge in [0, 0.05) is 16.7 Å². The molecule has 0 radical (unpaired) electrons. The number of amides is 1. The molecule has 2 aromatic heterocycles. The molecule has 0 fully saturated rings. The highest BCUT2D eigenvalue weighted by atomic mass is 35.5. The fraction of sp³-hybridized carbons (Fsp3) is 0.105. The monoisotopic (exact) mass is 432 g/mol. The van der Waals surface area contributed by atoms with E-state index in [1.165, 1.54) is 11.3 Å². The van der Waals surface area contributed by atoms with Crippen molar-refractivity contribution in [3.63, 3.8) is 0 Å². The van der Waals surface area contributed by atoms with Gasteiger partial charge in [-0.15, -0.1) is 11.6 Å². The van der Waals surface area contributed by atoms with Crippen molar-refractivity contribution < 1.29 is 9.53 Å². The third kappa shape index (κ3) is 3.56. The van der Waals surface area contributed by atoms with Crippen molar-refractivity contribution in [2.24, 2.45) is 5.73 Å². The summed E-state index contributed by atoms with van der Waals surface area (Å²) >= 11 is 13.0. The van der Waals surface area contributed by atoms with E-state index in [9.17, 15) is 4.79 Å². The molecule has 6 nitrogen and oxygen atoms in total. The van der Waals surface area contributed by atoms with Gasteiger partial charge in [0.05, 0.1) is 22.6 Å². The molecule has 142 valence electrons. The highest BCUT2D eigenvalue weighted by Gasteiger charge is 2.20. The van der Waals surface area contributed by atoms with Gasteiger partial charge in [-0.25, -0.2) is 9.97 Å². The molecular formula is C19H14Cl2N4O2S. The largest absolute Gasteiger partial charge is 0.492 e. The molecule has 4 rings (SSSR count). The quantitative estimate of drug-likeness (QED) is 0.454. The Labute approximate surface area is 174 Å². The zero-order chi connectivity index (χ0) is 19.7. The number of rotatable bonds is 6. The number of aromatic nitrogens is 3. The van der Waals surface area contributed by atoms with E-state index in [1.54, 1.807) is 29.1 Å². The van der Waals surface area contributed by atoms with E-state index in [-0.39, 0.29) is 0 Å². The minimum Gasteiger partial charge on any atom is -0.492 e. The van der Waals surface area contributed by atoms with Crippen LogP contribution in [0.3, 0.4) is 0 Å². The smallest absolute Gasteiger partial charge is 0.261 e. The Bertz CT molecular complexity index is 1170. The summed E-state index contributed by atoms with van der Waals surface area (Å²) in [6, 6.07) is 12.7. The van der Waals surface area contributed by atoms with E-state index in [2.05, 4.69) is 9.97 Å². The number of carbonyl (C=O) groups excluding carboxylic acids is 1. The molecule has 0 aliphatic carbocycles. The summed E-state index contributed by atoms with van der Waals surface area (Å²) in [7, 11) is 0. The van der Waals surface area contributed by atoms with Crippen molar-refractivity contribution >= 4 is 51.5 Å². The Morgan fingerprint density at radius 2 is 2.11 bits per heavy atom. The number of imidazole rings is 1. The predicted octanol–water partition coefficient (Wildman–Crippen LogP) is 4.52. The molecule has 0 atom stereocenters. The van der Waals surface area contributed by atoms with Crippen LogP contribution in [0.5, 0.6) is 5.75 Å². The molecular weight excluding hydrogens is 419 g/mol. The number of alkyl halides is 1. The van der Waals surface area contributed by atoms with Gasteiger partial charge in [0.2, 0.25) is 0 Å². The van der Waals surface area contributed by atoms with Gasteiger partial charge < -0.3 is 10.5 Å². The third-order valence-corrected chi connectivity index (χ3v) is 5.47. The van der Waals surface area contributed by atoms with Gasteiger partial charge in [-0.05, 0) is 24.3 Å². The normalized spacial score (nSPS) is 11.1. The summed E-state index contributed by atoms with van der Waals surface area (Å²) in [6.45, 7) is 0.406. The van der Waals surface area contributed by atoms with Gasteiger partial charge in [0.15, 0.2) is 5.13 Å². The van der Waals surface area contributed by atoms with Crippen LogP contribution in [0.2, 0.25) is 5.02 Å². The Balaban J connectivity index is 1.83. The Morgan fingerprint density at radius 3 is 2.86 bits per heavy atom. The second kappa shape index (κ2) is 7.79. The van der Waals surface area contributed by atoms with Crippen LogP contribution in [0.25, 0.3) is 27.4 Å². The number of halogens is 2. The summed E-state index contributed by atoms with van der Waals surface area (Å²) in [5.41, 5.74) is 8.38. The Morgan fingerprint density at radius 1 is 1.25 bits per heavy atom. The summed E-state index contributed by atoms with van der Waals surface area (Å²) in [5.74, 6) is 0.528. The summed E-state index contributed by atoms with van der Waals surface area (Å²) in [4.78, 5) is 21.4. The SMILES string of the molecule is NC(=O)c1sc(-n2cnc3ccc(OCCCl)cc32)nc1-c1cccc(Cl)c1. The number of nitrogens with zero attached hydrogens (tertiary/aromatic N) is 3. The van der Waals surface area contributed by atoms with Crippen molar-refractivity contribution in [3.8, 4) is 22.1 Å². The number of hydrogen-bond donors (Lipinski definition) is 1. The van der Waals surface area contributed by atoms with Gasteiger partial charge in [-0.2, -0.15) is 0 Å². The third-order valence-electron chi connectivity index (χ3n) is 4.01. The highest BCUT2D eigenvalue weighted by Crippen LogP contribution is 2.33. The maximum atomic E-state index is 12.0. The van der Waals surface area contributed by atoms with Crippen LogP contribution < -0.4 is 10.5 Å². The molecule has 0 saturated heterocycles. The molecule has 0 spiro atoms. The van der Waals surface area contributed by atoms with Crippen LogP contribution in [0, 0.1) is 0 Å². The van der Waals surface area contributed by atoms with Crippen molar-refractivity contribution in [1.29, 1.82) is 0 Å². The zero-order valence-corrected chi connectivity index (χ0v) is 16.8. The molecule has 28 heavy (non-hydrogen) atoms. The standard InChI is InChI=1S/C19H14Cl2N4O2S/c20-6-7-27-13-4-5-14-15(9-13)25(10-23-14)19-24-16(17(28-19)18(22)26)11-2-1-3-12(21)8-11/h1-5,8-10H,6-7H2,(H2,22,26). The number of carbonyl (C=O) groups is 1. The summed E-state index contributed by atoms with van der Waals surface area (Å²) < 4.78 is 7.39. The van der Waals surface area contributed by atoms with Gasteiger partial charge in [0.25, 0.3) is 5.91 Å². The second-order valence-electron chi connectivity index (χ2n) is 5.85. The molecule has 0 aliphatic heterocycles. The Kier molecular flexibility index (Phi) is 5.21. The molecule has 4 aromatic rings. The van der Waals surface area contributed by atoms with Crippen molar-refractivity contribution in [2.75, 3.05) is 12.5 Å². The molecule has 0 aliphatic rings. The average molecular weight is 433 g/mol. The number of ether oxygens (including phenoxy) is 1. The summed E-state index contributed by atoms with van der Waals surface area (Å²) in [5, 5.41) is 1.12. The fourth-order valence-corrected chi connectivity index (χ4v) is 3.99. The molecule has 9 heteroatoms. The lowest BCUT2D eigenvalue weighted by Gasteiger charge is -2.05. The van der Waals surface area contributed by atoms with Crippen molar-refractivity contribution in [2.45, 2.75) is 0 Å². The van der Waals surface area contributed by atoms with E-state index in [0.717, 1.165) is 16.6 Å². The number of hydrogen-bond acceptors (Lipinski definition) is 5. The van der Waals surface area contributed by atoms with Crippen LogP contribution in [0.15, 0.2) is 48.8 Å². The number of thiazole rings is 1. The first-order chi connectivity index (χ1) is 13.6. The van der Waals surface area contributed by atoms with E-state index in [4.69, 9.17) is 33.7 Å². The van der Waals surface area contributed by atoms with Crippen LogP contribution in [0.1, 0.15) is 9.67 Å². The zero-order valence-electron chi connectivity index (χ0n) is 14.4. The first-order valence-electron chi connectivity index (χ1n) is 8.29. The molecule has 1 amide bonds. The molecule has 2 heterocycles. The van der Waals surface area contributed by atoms with E-state index in [0.29, 0.717) is 39.0 Å². The number of fused-ring (bicyclic) bond motifs is 1. The van der Waals surface area contributed by atoms with Crippen LogP contribution in [-0.4, -0.2) is 32.9 Å². The van der Waals surface area contributed by atoms with Crippen molar-refractivity contribution in [1.82, 2.24) is 14.5 Å². The van der Waals surface area contributed by atoms with Crippen molar-refractivity contribution in [3.05, 3.63) is 58.7 Å². The van der Waals surface area contributed by atoms with E-state index < -0.39 is 5.91 Å². The average Bonchev–Trinajstić information content (AvgIpc) is 3.30. The van der Waals surface area contributed by atoms with Gasteiger partial charge in [-0.1, -0.05) is 35.1 Å². The van der Waals surface area contributed by atoms with Gasteiger partial charge >= 0.3 is 0 Å². The lowest BCUT2D eigenvalue weighted by atomic mass is 10.1.